The first-order valence-electron chi connectivity index (χ1n) is 9.02. The van der Waals surface area contributed by atoms with Crippen molar-refractivity contribution in [1.82, 2.24) is 19.4 Å². The molecule has 0 aliphatic carbocycles. The van der Waals surface area contributed by atoms with Gasteiger partial charge in [0.15, 0.2) is 0 Å². The zero-order valence-corrected chi connectivity index (χ0v) is 14.7. The van der Waals surface area contributed by atoms with Crippen LogP contribution in [0.1, 0.15) is 6.42 Å². The highest BCUT2D eigenvalue weighted by atomic mass is 16.5. The maximum Gasteiger partial charge on any atom is 0.320 e. The van der Waals surface area contributed by atoms with Crippen molar-refractivity contribution in [3.63, 3.8) is 0 Å². The summed E-state index contributed by atoms with van der Waals surface area (Å²) in [5.74, 6) is 0.988. The summed E-state index contributed by atoms with van der Waals surface area (Å²) in [5.41, 5.74) is 2.16. The van der Waals surface area contributed by atoms with Crippen LogP contribution < -0.4 is 4.90 Å². The summed E-state index contributed by atoms with van der Waals surface area (Å²) in [6, 6.07) is 8.35. The third-order valence-corrected chi connectivity index (χ3v) is 5.09. The van der Waals surface area contributed by atoms with E-state index in [-0.39, 0.29) is 6.03 Å². The molecule has 2 amide bonds. The number of benzene rings is 1. The van der Waals surface area contributed by atoms with Crippen molar-refractivity contribution in [2.75, 3.05) is 57.4 Å². The van der Waals surface area contributed by atoms with Crippen LogP contribution in [0.3, 0.4) is 0 Å². The molecule has 0 atom stereocenters. The zero-order chi connectivity index (χ0) is 17.2. The highest BCUT2D eigenvalue weighted by molar-refractivity contribution is 5.78. The fourth-order valence-electron chi connectivity index (χ4n) is 3.68. The number of morpholine rings is 1. The van der Waals surface area contributed by atoms with Crippen LogP contribution in [0.25, 0.3) is 11.0 Å². The molecule has 2 aromatic rings. The summed E-state index contributed by atoms with van der Waals surface area (Å²) in [7, 11) is 2.06. The quantitative estimate of drug-likeness (QED) is 0.788. The second-order valence-electron chi connectivity index (χ2n) is 6.67. The van der Waals surface area contributed by atoms with Gasteiger partial charge in [0.2, 0.25) is 5.95 Å². The van der Waals surface area contributed by atoms with E-state index in [0.717, 1.165) is 49.6 Å². The summed E-state index contributed by atoms with van der Waals surface area (Å²) in [6.45, 7) is 5.96. The number of para-hydroxylation sites is 2. The molecular formula is C18H25N5O2. The molecule has 7 nitrogen and oxygen atoms in total. The van der Waals surface area contributed by atoms with Gasteiger partial charge in [-0.15, -0.1) is 0 Å². The predicted molar refractivity (Wildman–Crippen MR) is 96.9 cm³/mol. The van der Waals surface area contributed by atoms with Gasteiger partial charge in [0, 0.05) is 46.3 Å². The van der Waals surface area contributed by atoms with Crippen molar-refractivity contribution in [3.8, 4) is 0 Å². The Morgan fingerprint density at radius 3 is 2.56 bits per heavy atom. The van der Waals surface area contributed by atoms with Gasteiger partial charge in [0.25, 0.3) is 0 Å². The van der Waals surface area contributed by atoms with Gasteiger partial charge >= 0.3 is 6.03 Å². The molecule has 0 N–H and O–H groups in total. The Labute approximate surface area is 147 Å². The van der Waals surface area contributed by atoms with Crippen LogP contribution in [-0.2, 0) is 11.8 Å². The molecule has 0 radical (unpaired) electrons. The van der Waals surface area contributed by atoms with Crippen molar-refractivity contribution in [2.45, 2.75) is 6.42 Å². The molecule has 0 spiro atoms. The molecule has 1 aromatic carbocycles. The lowest BCUT2D eigenvalue weighted by Gasteiger charge is -2.32. The van der Waals surface area contributed by atoms with Crippen molar-refractivity contribution in [1.29, 1.82) is 0 Å². The molecule has 4 rings (SSSR count). The van der Waals surface area contributed by atoms with Crippen LogP contribution in [0.2, 0.25) is 0 Å². The number of aromatic nitrogens is 2. The summed E-state index contributed by atoms with van der Waals surface area (Å²) >= 11 is 0. The minimum absolute atomic E-state index is 0.148. The van der Waals surface area contributed by atoms with Gasteiger partial charge in [-0.2, -0.15) is 0 Å². The van der Waals surface area contributed by atoms with E-state index >= 15 is 0 Å². The molecular weight excluding hydrogens is 318 g/mol. The van der Waals surface area contributed by atoms with Crippen LogP contribution >= 0.6 is 0 Å². The van der Waals surface area contributed by atoms with Gasteiger partial charge in [0.1, 0.15) is 0 Å². The molecule has 2 aliphatic rings. The molecule has 2 saturated heterocycles. The number of amides is 2. The standard InChI is InChI=1S/C18H25N5O2/c1-20-16-6-3-2-5-15(16)19-17(20)21-7-4-8-22(10-9-21)18(24)23-11-13-25-14-12-23/h2-3,5-6H,4,7-14H2,1H3. The SMILES string of the molecule is Cn1c(N2CCCN(C(=O)N3CCOCC3)CC2)nc2ccccc21. The maximum atomic E-state index is 12.7. The summed E-state index contributed by atoms with van der Waals surface area (Å²) in [6.07, 6.45) is 0.958. The lowest BCUT2D eigenvalue weighted by atomic mass is 10.3. The number of hydrogen-bond donors (Lipinski definition) is 0. The number of carbonyl (C=O) groups is 1. The number of carbonyl (C=O) groups excluding carboxylic acids is 1. The molecule has 3 heterocycles. The van der Waals surface area contributed by atoms with E-state index in [2.05, 4.69) is 22.6 Å². The Kier molecular flexibility index (Phi) is 4.48. The third kappa shape index (κ3) is 3.16. The Bertz CT molecular complexity index is 753. The molecule has 0 unspecified atom stereocenters. The van der Waals surface area contributed by atoms with Gasteiger partial charge in [-0.05, 0) is 18.6 Å². The first-order valence-corrected chi connectivity index (χ1v) is 9.02. The number of nitrogens with zero attached hydrogens (tertiary/aromatic N) is 5. The van der Waals surface area contributed by atoms with Crippen molar-refractivity contribution >= 4 is 23.0 Å². The van der Waals surface area contributed by atoms with Gasteiger partial charge in [-0.1, -0.05) is 12.1 Å². The topological polar surface area (TPSA) is 53.8 Å². The van der Waals surface area contributed by atoms with Gasteiger partial charge in [0.05, 0.1) is 24.2 Å². The Morgan fingerprint density at radius 1 is 1.00 bits per heavy atom. The lowest BCUT2D eigenvalue weighted by molar-refractivity contribution is 0.0438. The highest BCUT2D eigenvalue weighted by Gasteiger charge is 2.26. The second-order valence-corrected chi connectivity index (χ2v) is 6.67. The first kappa shape index (κ1) is 16.2. The fourth-order valence-corrected chi connectivity index (χ4v) is 3.68. The van der Waals surface area contributed by atoms with Gasteiger partial charge in [-0.3, -0.25) is 0 Å². The van der Waals surface area contributed by atoms with Gasteiger partial charge in [-0.25, -0.2) is 9.78 Å². The fraction of sp³-hybridized carbons (Fsp3) is 0.556. The molecule has 7 heteroatoms. The summed E-state index contributed by atoms with van der Waals surface area (Å²) < 4.78 is 7.49. The largest absolute Gasteiger partial charge is 0.378 e. The molecule has 0 bridgehead atoms. The smallest absolute Gasteiger partial charge is 0.320 e. The van der Waals surface area contributed by atoms with Crippen LogP contribution in [0.5, 0.6) is 0 Å². The Morgan fingerprint density at radius 2 is 1.76 bits per heavy atom. The molecule has 2 aliphatic heterocycles. The average Bonchev–Trinajstić information content (AvgIpc) is 2.84. The van der Waals surface area contributed by atoms with Crippen LogP contribution in [-0.4, -0.2) is 77.9 Å². The van der Waals surface area contributed by atoms with Crippen LogP contribution in [0.15, 0.2) is 24.3 Å². The minimum Gasteiger partial charge on any atom is -0.378 e. The number of aryl methyl sites for hydroxylation is 1. The Hall–Kier alpha value is -2.28. The Balaban J connectivity index is 1.47. The predicted octanol–water partition coefficient (Wildman–Crippen LogP) is 1.54. The number of anilines is 1. The van der Waals surface area contributed by atoms with E-state index in [0.29, 0.717) is 26.3 Å². The number of hydrogen-bond acceptors (Lipinski definition) is 4. The number of urea groups is 1. The number of imidazole rings is 1. The third-order valence-electron chi connectivity index (χ3n) is 5.09. The maximum absolute atomic E-state index is 12.7. The van der Waals surface area contributed by atoms with Crippen LogP contribution in [0.4, 0.5) is 10.7 Å². The molecule has 1 aromatic heterocycles. The second kappa shape index (κ2) is 6.92. The van der Waals surface area contributed by atoms with E-state index < -0.39 is 0 Å². The average molecular weight is 343 g/mol. The van der Waals surface area contributed by atoms with Crippen molar-refractivity contribution in [2.24, 2.45) is 7.05 Å². The number of fused-ring (bicyclic) bond motifs is 1. The monoisotopic (exact) mass is 343 g/mol. The van der Waals surface area contributed by atoms with E-state index in [1.807, 2.05) is 28.0 Å². The molecule has 25 heavy (non-hydrogen) atoms. The van der Waals surface area contributed by atoms with E-state index in [1.54, 1.807) is 0 Å². The highest BCUT2D eigenvalue weighted by Crippen LogP contribution is 2.22. The molecule has 0 saturated carbocycles. The van der Waals surface area contributed by atoms with E-state index in [4.69, 9.17) is 9.72 Å². The zero-order valence-electron chi connectivity index (χ0n) is 14.7. The van der Waals surface area contributed by atoms with Crippen molar-refractivity contribution in [3.05, 3.63) is 24.3 Å². The summed E-state index contributed by atoms with van der Waals surface area (Å²) in [4.78, 5) is 23.7. The number of ether oxygens (including phenoxy) is 1. The van der Waals surface area contributed by atoms with E-state index in [9.17, 15) is 4.79 Å². The van der Waals surface area contributed by atoms with E-state index in [1.165, 1.54) is 0 Å². The van der Waals surface area contributed by atoms with Gasteiger partial charge < -0.3 is 24.0 Å². The van der Waals surface area contributed by atoms with Crippen molar-refractivity contribution < 1.29 is 9.53 Å². The normalized spacial score (nSPS) is 19.3. The first-order chi connectivity index (χ1) is 12.2. The summed E-state index contributed by atoms with van der Waals surface area (Å²) in [5, 5.41) is 0. The van der Waals surface area contributed by atoms with Crippen LogP contribution in [0, 0.1) is 0 Å². The minimum atomic E-state index is 0.148. The number of rotatable bonds is 1. The molecule has 2 fully saturated rings. The lowest BCUT2D eigenvalue weighted by Crippen LogP contribution is -2.49. The molecule has 134 valence electrons.